The molecule has 2 aromatic carbocycles. The lowest BCUT2D eigenvalue weighted by atomic mass is 9.78. The third kappa shape index (κ3) is 2.51. The number of rotatable bonds is 3. The quantitative estimate of drug-likeness (QED) is 0.741. The second kappa shape index (κ2) is 5.92. The fourth-order valence-electron chi connectivity index (χ4n) is 3.59. The van der Waals surface area contributed by atoms with Crippen molar-refractivity contribution < 1.29 is 4.39 Å². The van der Waals surface area contributed by atoms with Gasteiger partial charge in [0, 0.05) is 23.4 Å². The van der Waals surface area contributed by atoms with Gasteiger partial charge in [-0.05, 0) is 47.4 Å². The third-order valence-corrected chi connectivity index (χ3v) is 4.96. The Labute approximate surface area is 150 Å². The van der Waals surface area contributed by atoms with E-state index in [1.54, 1.807) is 0 Å². The molecule has 1 N–H and O–H groups in total. The van der Waals surface area contributed by atoms with Gasteiger partial charge in [-0.2, -0.15) is 0 Å². The summed E-state index contributed by atoms with van der Waals surface area (Å²) in [6, 6.07) is 15.1. The molecule has 4 heteroatoms. The van der Waals surface area contributed by atoms with Crippen LogP contribution in [0.15, 0.2) is 78.7 Å². The summed E-state index contributed by atoms with van der Waals surface area (Å²) in [5.74, 6) is 0.574. The molecule has 0 fully saturated rings. The van der Waals surface area contributed by atoms with Crippen LogP contribution in [-0.4, -0.2) is 9.97 Å². The minimum Gasteiger partial charge on any atom is -0.324 e. The van der Waals surface area contributed by atoms with Crippen LogP contribution in [-0.2, 0) is 6.42 Å². The van der Waals surface area contributed by atoms with Crippen LogP contribution in [0.25, 0.3) is 11.3 Å². The van der Waals surface area contributed by atoms with E-state index in [0.29, 0.717) is 5.95 Å². The predicted octanol–water partition coefficient (Wildman–Crippen LogP) is 4.84. The molecule has 1 unspecified atom stereocenters. The summed E-state index contributed by atoms with van der Waals surface area (Å²) in [6.45, 7) is 0. The van der Waals surface area contributed by atoms with E-state index in [-0.39, 0.29) is 11.7 Å². The summed E-state index contributed by atoms with van der Waals surface area (Å²) in [4.78, 5) is 9.23. The van der Waals surface area contributed by atoms with Crippen molar-refractivity contribution in [1.29, 1.82) is 0 Å². The summed E-state index contributed by atoms with van der Waals surface area (Å²) >= 11 is 0. The number of halogens is 1. The van der Waals surface area contributed by atoms with E-state index in [4.69, 9.17) is 4.98 Å². The Morgan fingerprint density at radius 2 is 1.85 bits per heavy atom. The van der Waals surface area contributed by atoms with Gasteiger partial charge in [-0.25, -0.2) is 14.4 Å². The fraction of sp³-hybridized carbons (Fsp3) is 0.0909. The van der Waals surface area contributed by atoms with Crippen molar-refractivity contribution in [2.75, 3.05) is 5.32 Å². The van der Waals surface area contributed by atoms with E-state index in [2.05, 4.69) is 22.4 Å². The third-order valence-electron chi connectivity index (χ3n) is 4.96. The van der Waals surface area contributed by atoms with Crippen molar-refractivity contribution in [3.63, 3.8) is 0 Å². The molecule has 0 radical (unpaired) electrons. The monoisotopic (exact) mass is 341 g/mol. The number of fused-ring (bicyclic) bond motifs is 3. The first-order valence-electron chi connectivity index (χ1n) is 8.64. The van der Waals surface area contributed by atoms with Gasteiger partial charge in [0.25, 0.3) is 0 Å². The average molecular weight is 341 g/mol. The number of anilines is 1. The zero-order valence-corrected chi connectivity index (χ0v) is 14.0. The highest BCUT2D eigenvalue weighted by Gasteiger charge is 2.27. The first kappa shape index (κ1) is 15.0. The van der Waals surface area contributed by atoms with E-state index in [1.807, 2.05) is 48.7 Å². The van der Waals surface area contributed by atoms with Gasteiger partial charge in [0.1, 0.15) is 5.82 Å². The van der Waals surface area contributed by atoms with Gasteiger partial charge in [0.05, 0.1) is 5.69 Å². The summed E-state index contributed by atoms with van der Waals surface area (Å²) in [5.41, 5.74) is 6.54. The molecule has 5 rings (SSSR count). The molecule has 0 aliphatic heterocycles. The fourth-order valence-corrected chi connectivity index (χ4v) is 3.59. The Morgan fingerprint density at radius 3 is 2.62 bits per heavy atom. The number of nitrogens with one attached hydrogen (secondary N) is 1. The van der Waals surface area contributed by atoms with Crippen molar-refractivity contribution in [2.24, 2.45) is 0 Å². The second-order valence-corrected chi connectivity index (χ2v) is 6.57. The van der Waals surface area contributed by atoms with E-state index >= 15 is 0 Å². The minimum atomic E-state index is -0.211. The molecule has 0 spiro atoms. The van der Waals surface area contributed by atoms with Gasteiger partial charge >= 0.3 is 0 Å². The largest absolute Gasteiger partial charge is 0.324 e. The molecule has 1 aromatic heterocycles. The van der Waals surface area contributed by atoms with Crippen LogP contribution in [0.5, 0.6) is 0 Å². The molecule has 0 saturated carbocycles. The molecule has 126 valence electrons. The first-order valence-corrected chi connectivity index (χ1v) is 8.64. The smallest absolute Gasteiger partial charge is 0.227 e. The van der Waals surface area contributed by atoms with Crippen molar-refractivity contribution >= 4 is 5.95 Å². The molecule has 0 bridgehead atoms. The van der Waals surface area contributed by atoms with E-state index in [0.717, 1.165) is 34.5 Å². The Balaban J connectivity index is 1.58. The second-order valence-electron chi connectivity index (χ2n) is 6.57. The molecule has 26 heavy (non-hydrogen) atoms. The number of benzene rings is 2. The van der Waals surface area contributed by atoms with Crippen molar-refractivity contribution in [1.82, 2.24) is 9.97 Å². The standard InChI is InChI=1S/C22H16FN3/c23-16-10-8-14(9-11-16)20-12-15-13-24-22(25-17-4-3-5-17)26-21(15)19-7-2-1-6-18(19)20/h1-11,13,20H,12H2,(H,24,25,26). The summed E-state index contributed by atoms with van der Waals surface area (Å²) in [7, 11) is 0. The predicted molar refractivity (Wildman–Crippen MR) is 100 cm³/mol. The van der Waals surface area contributed by atoms with Crippen LogP contribution in [0.3, 0.4) is 0 Å². The highest BCUT2D eigenvalue weighted by molar-refractivity contribution is 5.72. The lowest BCUT2D eigenvalue weighted by Gasteiger charge is -2.27. The Hall–Kier alpha value is -3.27. The molecule has 2 aliphatic carbocycles. The molecule has 0 saturated heterocycles. The lowest BCUT2D eigenvalue weighted by Crippen LogP contribution is -2.15. The van der Waals surface area contributed by atoms with E-state index in [9.17, 15) is 4.39 Å². The van der Waals surface area contributed by atoms with Crippen molar-refractivity contribution in [2.45, 2.75) is 12.3 Å². The number of aromatic nitrogens is 2. The molecule has 1 heterocycles. The van der Waals surface area contributed by atoms with Crippen LogP contribution in [0.4, 0.5) is 10.3 Å². The summed E-state index contributed by atoms with van der Waals surface area (Å²) in [5, 5.41) is 3.22. The normalized spacial score (nSPS) is 17.0. The van der Waals surface area contributed by atoms with Gasteiger partial charge in [-0.3, -0.25) is 0 Å². The van der Waals surface area contributed by atoms with Gasteiger partial charge in [-0.1, -0.05) is 42.5 Å². The van der Waals surface area contributed by atoms with Crippen LogP contribution in [0.2, 0.25) is 0 Å². The van der Waals surface area contributed by atoms with Gasteiger partial charge in [0.2, 0.25) is 5.95 Å². The number of allylic oxidation sites excluding steroid dienone is 3. The van der Waals surface area contributed by atoms with Crippen molar-refractivity contribution in [3.8, 4) is 11.3 Å². The van der Waals surface area contributed by atoms with Crippen LogP contribution in [0, 0.1) is 5.82 Å². The summed E-state index contributed by atoms with van der Waals surface area (Å²) < 4.78 is 13.3. The molecular weight excluding hydrogens is 325 g/mol. The molecular formula is C22H16FN3. The first-order chi connectivity index (χ1) is 12.8. The zero-order chi connectivity index (χ0) is 17.5. The molecule has 0 amide bonds. The highest BCUT2D eigenvalue weighted by Crippen LogP contribution is 2.41. The zero-order valence-electron chi connectivity index (χ0n) is 14.0. The minimum absolute atomic E-state index is 0.180. The Morgan fingerprint density at radius 1 is 1.04 bits per heavy atom. The number of hydrogen-bond donors (Lipinski definition) is 1. The number of hydrogen-bond acceptors (Lipinski definition) is 3. The SMILES string of the molecule is Fc1ccc(C2Cc3cnc(NC4=CC=C4)nc3-c3ccccc32)cc1. The van der Waals surface area contributed by atoms with Gasteiger partial charge in [0.15, 0.2) is 0 Å². The van der Waals surface area contributed by atoms with E-state index in [1.165, 1.54) is 17.7 Å². The molecule has 1 atom stereocenters. The average Bonchev–Trinajstić information content (AvgIpc) is 2.65. The summed E-state index contributed by atoms with van der Waals surface area (Å²) in [6.07, 6.45) is 8.66. The maximum absolute atomic E-state index is 13.3. The molecule has 3 aromatic rings. The van der Waals surface area contributed by atoms with Gasteiger partial charge < -0.3 is 5.32 Å². The number of nitrogens with zero attached hydrogens (tertiary/aromatic N) is 2. The van der Waals surface area contributed by atoms with Crippen LogP contribution >= 0.6 is 0 Å². The molecule has 2 aliphatic rings. The Bertz CT molecular complexity index is 1050. The van der Waals surface area contributed by atoms with Crippen molar-refractivity contribution in [3.05, 3.63) is 101 Å². The Kier molecular flexibility index (Phi) is 3.42. The van der Waals surface area contributed by atoms with Crippen LogP contribution in [0.1, 0.15) is 22.6 Å². The maximum Gasteiger partial charge on any atom is 0.227 e. The van der Waals surface area contributed by atoms with E-state index < -0.39 is 0 Å². The van der Waals surface area contributed by atoms with Crippen LogP contribution < -0.4 is 5.32 Å². The molecule has 3 nitrogen and oxygen atoms in total. The highest BCUT2D eigenvalue weighted by atomic mass is 19.1. The lowest BCUT2D eigenvalue weighted by molar-refractivity contribution is 0.626. The topological polar surface area (TPSA) is 37.8 Å². The maximum atomic E-state index is 13.3. The van der Waals surface area contributed by atoms with Gasteiger partial charge in [-0.15, -0.1) is 0 Å².